The summed E-state index contributed by atoms with van der Waals surface area (Å²) in [6.07, 6.45) is 1.48. The van der Waals surface area contributed by atoms with Crippen LogP contribution in [0.15, 0.2) is 24.3 Å². The number of hydrogen-bond acceptors (Lipinski definition) is 5. The number of nitrogens with zero attached hydrogens (tertiary/aromatic N) is 1. The van der Waals surface area contributed by atoms with E-state index in [1.807, 2.05) is 24.3 Å². The zero-order valence-corrected chi connectivity index (χ0v) is 14.3. The van der Waals surface area contributed by atoms with Crippen LogP contribution in [-0.2, 0) is 14.6 Å². The second kappa shape index (κ2) is 7.68. The zero-order valence-electron chi connectivity index (χ0n) is 13.5. The quantitative estimate of drug-likeness (QED) is 0.703. The van der Waals surface area contributed by atoms with Crippen molar-refractivity contribution < 1.29 is 22.7 Å². The van der Waals surface area contributed by atoms with Crippen molar-refractivity contribution in [2.75, 3.05) is 32.3 Å². The van der Waals surface area contributed by atoms with Gasteiger partial charge in [-0.1, -0.05) is 0 Å². The molecule has 1 amide bonds. The molecule has 0 saturated carbocycles. The number of carbonyl (C=O) groups excluding carboxylic acids is 1. The third-order valence-electron chi connectivity index (χ3n) is 4.01. The van der Waals surface area contributed by atoms with Gasteiger partial charge in [0.2, 0.25) is 5.91 Å². The van der Waals surface area contributed by atoms with Crippen LogP contribution >= 0.6 is 0 Å². The van der Waals surface area contributed by atoms with E-state index in [9.17, 15) is 13.2 Å². The average molecular weight is 341 g/mol. The number of sulfone groups is 1. The van der Waals surface area contributed by atoms with E-state index in [-0.39, 0.29) is 23.5 Å². The van der Waals surface area contributed by atoms with E-state index in [0.29, 0.717) is 25.9 Å². The molecule has 1 saturated heterocycles. The van der Waals surface area contributed by atoms with Crippen LogP contribution in [0.3, 0.4) is 0 Å². The Morgan fingerprint density at radius 2 is 1.91 bits per heavy atom. The predicted octanol–water partition coefficient (Wildman–Crippen LogP) is 1.50. The highest BCUT2D eigenvalue weighted by Crippen LogP contribution is 2.19. The molecule has 1 fully saturated rings. The number of methoxy groups -OCH3 is 1. The van der Waals surface area contributed by atoms with E-state index >= 15 is 0 Å². The van der Waals surface area contributed by atoms with Gasteiger partial charge in [0.15, 0.2) is 9.84 Å². The van der Waals surface area contributed by atoms with E-state index in [1.54, 1.807) is 19.1 Å². The van der Waals surface area contributed by atoms with Gasteiger partial charge in [0.25, 0.3) is 0 Å². The Kier molecular flexibility index (Phi) is 5.87. The molecule has 6 nitrogen and oxygen atoms in total. The van der Waals surface area contributed by atoms with Gasteiger partial charge in [-0.2, -0.15) is 0 Å². The molecule has 7 heteroatoms. The van der Waals surface area contributed by atoms with Gasteiger partial charge in [0, 0.05) is 19.5 Å². The summed E-state index contributed by atoms with van der Waals surface area (Å²) in [7, 11) is 0.314. The van der Waals surface area contributed by atoms with Gasteiger partial charge < -0.3 is 14.4 Å². The maximum absolute atomic E-state index is 12.1. The van der Waals surface area contributed by atoms with Crippen molar-refractivity contribution in [1.82, 2.24) is 4.90 Å². The zero-order chi connectivity index (χ0) is 16.9. The summed E-state index contributed by atoms with van der Waals surface area (Å²) in [5.74, 6) is 1.72. The summed E-state index contributed by atoms with van der Waals surface area (Å²) < 4.78 is 33.6. The first-order chi connectivity index (χ1) is 10.9. The summed E-state index contributed by atoms with van der Waals surface area (Å²) in [6, 6.07) is 7.07. The molecule has 1 aromatic carbocycles. The maximum atomic E-state index is 12.1. The van der Waals surface area contributed by atoms with Crippen molar-refractivity contribution in [2.24, 2.45) is 0 Å². The number of benzene rings is 1. The molecule has 1 aliphatic rings. The van der Waals surface area contributed by atoms with Gasteiger partial charge in [-0.15, -0.1) is 0 Å². The first-order valence-electron chi connectivity index (χ1n) is 7.64. The Balaban J connectivity index is 1.70. The maximum Gasteiger partial charge on any atom is 0.222 e. The van der Waals surface area contributed by atoms with Crippen LogP contribution in [0.5, 0.6) is 11.5 Å². The second-order valence-electron chi connectivity index (χ2n) is 5.69. The van der Waals surface area contributed by atoms with Crippen LogP contribution < -0.4 is 9.47 Å². The van der Waals surface area contributed by atoms with Gasteiger partial charge in [-0.05, 0) is 37.1 Å². The highest BCUT2D eigenvalue weighted by Gasteiger charge is 2.32. The number of hydrogen-bond donors (Lipinski definition) is 0. The molecule has 23 heavy (non-hydrogen) atoms. The highest BCUT2D eigenvalue weighted by molar-refractivity contribution is 7.91. The lowest BCUT2D eigenvalue weighted by Crippen LogP contribution is -2.37. The van der Waals surface area contributed by atoms with Crippen LogP contribution in [-0.4, -0.2) is 57.5 Å². The molecule has 128 valence electrons. The SMILES string of the molecule is COc1ccc(OCCCC(=O)N(C)[C@@H]2CCS(=O)(=O)C2)cc1. The van der Waals surface area contributed by atoms with E-state index in [4.69, 9.17) is 9.47 Å². The smallest absolute Gasteiger partial charge is 0.222 e. The van der Waals surface area contributed by atoms with Crippen LogP contribution in [0.1, 0.15) is 19.3 Å². The predicted molar refractivity (Wildman–Crippen MR) is 87.6 cm³/mol. The Bertz CT molecular complexity index is 626. The molecule has 0 bridgehead atoms. The summed E-state index contributed by atoms with van der Waals surface area (Å²) >= 11 is 0. The summed E-state index contributed by atoms with van der Waals surface area (Å²) in [5, 5.41) is 0. The molecule has 1 heterocycles. The fourth-order valence-corrected chi connectivity index (χ4v) is 4.32. The fourth-order valence-electron chi connectivity index (χ4n) is 2.55. The second-order valence-corrected chi connectivity index (χ2v) is 7.92. The summed E-state index contributed by atoms with van der Waals surface area (Å²) in [4.78, 5) is 13.7. The van der Waals surface area contributed by atoms with Crippen molar-refractivity contribution >= 4 is 15.7 Å². The van der Waals surface area contributed by atoms with E-state index < -0.39 is 9.84 Å². The number of ether oxygens (including phenoxy) is 2. The van der Waals surface area contributed by atoms with Crippen molar-refractivity contribution in [1.29, 1.82) is 0 Å². The van der Waals surface area contributed by atoms with E-state index in [2.05, 4.69) is 0 Å². The molecule has 0 aromatic heterocycles. The molecular formula is C16H23NO5S. The Morgan fingerprint density at radius 3 is 2.48 bits per heavy atom. The van der Waals surface area contributed by atoms with Crippen molar-refractivity contribution in [3.8, 4) is 11.5 Å². The summed E-state index contributed by atoms with van der Waals surface area (Å²) in [6.45, 7) is 0.439. The van der Waals surface area contributed by atoms with E-state index in [0.717, 1.165) is 11.5 Å². The minimum Gasteiger partial charge on any atom is -0.497 e. The molecule has 2 rings (SSSR count). The number of carbonyl (C=O) groups is 1. The monoisotopic (exact) mass is 341 g/mol. The molecule has 1 atom stereocenters. The van der Waals surface area contributed by atoms with E-state index in [1.165, 1.54) is 0 Å². The standard InChI is InChI=1S/C16H23NO5S/c1-17(13-9-11-23(19,20)12-13)16(18)4-3-10-22-15-7-5-14(21-2)6-8-15/h5-8,13H,3-4,9-12H2,1-2H3/t13-/m1/s1. The molecular weight excluding hydrogens is 318 g/mol. The van der Waals surface area contributed by atoms with Crippen LogP contribution in [0.2, 0.25) is 0 Å². The van der Waals surface area contributed by atoms with Gasteiger partial charge >= 0.3 is 0 Å². The third-order valence-corrected chi connectivity index (χ3v) is 5.76. The average Bonchev–Trinajstić information content (AvgIpc) is 2.91. The van der Waals surface area contributed by atoms with Crippen LogP contribution in [0.25, 0.3) is 0 Å². The first-order valence-corrected chi connectivity index (χ1v) is 9.46. The van der Waals surface area contributed by atoms with Crippen molar-refractivity contribution in [3.63, 3.8) is 0 Å². The minimum atomic E-state index is -2.97. The Labute approximate surface area is 137 Å². The summed E-state index contributed by atoms with van der Waals surface area (Å²) in [5.41, 5.74) is 0. The van der Waals surface area contributed by atoms with Gasteiger partial charge in [0.1, 0.15) is 11.5 Å². The van der Waals surface area contributed by atoms with Gasteiger partial charge in [0.05, 0.1) is 25.2 Å². The lowest BCUT2D eigenvalue weighted by atomic mass is 10.2. The topological polar surface area (TPSA) is 72.9 Å². The minimum absolute atomic E-state index is 0.0366. The fraction of sp³-hybridized carbons (Fsp3) is 0.562. The highest BCUT2D eigenvalue weighted by atomic mass is 32.2. The number of amides is 1. The van der Waals surface area contributed by atoms with Gasteiger partial charge in [-0.3, -0.25) is 4.79 Å². The largest absolute Gasteiger partial charge is 0.497 e. The van der Waals surface area contributed by atoms with Crippen molar-refractivity contribution in [3.05, 3.63) is 24.3 Å². The molecule has 0 unspecified atom stereocenters. The van der Waals surface area contributed by atoms with Gasteiger partial charge in [-0.25, -0.2) is 8.42 Å². The lowest BCUT2D eigenvalue weighted by molar-refractivity contribution is -0.131. The van der Waals surface area contributed by atoms with Crippen molar-refractivity contribution in [2.45, 2.75) is 25.3 Å². The molecule has 0 spiro atoms. The van der Waals surface area contributed by atoms with Crippen LogP contribution in [0.4, 0.5) is 0 Å². The Morgan fingerprint density at radius 1 is 1.26 bits per heavy atom. The molecule has 0 radical (unpaired) electrons. The van der Waals surface area contributed by atoms with Crippen LogP contribution in [0, 0.1) is 0 Å². The lowest BCUT2D eigenvalue weighted by Gasteiger charge is -2.23. The Hall–Kier alpha value is -1.76. The normalized spacial score (nSPS) is 19.3. The first kappa shape index (κ1) is 17.6. The third kappa shape index (κ3) is 5.13. The molecule has 0 N–H and O–H groups in total. The molecule has 1 aliphatic heterocycles. The molecule has 0 aliphatic carbocycles. The number of rotatable bonds is 7. The molecule has 1 aromatic rings.